The second-order valence-electron chi connectivity index (χ2n) is 5.68. The summed E-state index contributed by atoms with van der Waals surface area (Å²) in [6.45, 7) is 1.80. The van der Waals surface area contributed by atoms with Crippen LogP contribution in [0.3, 0.4) is 0 Å². The Hall–Kier alpha value is -1.43. The molecule has 1 aliphatic carbocycles. The molecule has 1 amide bonds. The number of aryl methyl sites for hydroxylation is 1. The minimum atomic E-state index is -0.880. The Labute approximate surface area is 121 Å². The first-order valence-corrected chi connectivity index (χ1v) is 7.93. The van der Waals surface area contributed by atoms with Crippen molar-refractivity contribution in [2.24, 2.45) is 5.92 Å². The Morgan fingerprint density at radius 3 is 2.80 bits per heavy atom. The number of carboxylic acid groups (broad SMARTS) is 1. The van der Waals surface area contributed by atoms with Crippen molar-refractivity contribution in [3.63, 3.8) is 0 Å². The first kappa shape index (κ1) is 13.5. The molecule has 0 radical (unpaired) electrons. The molecule has 1 aromatic rings. The van der Waals surface area contributed by atoms with Gasteiger partial charge in [-0.25, -0.2) is 9.78 Å². The van der Waals surface area contributed by atoms with E-state index in [0.717, 1.165) is 25.7 Å². The van der Waals surface area contributed by atoms with Gasteiger partial charge in [-0.3, -0.25) is 4.79 Å². The van der Waals surface area contributed by atoms with E-state index in [-0.39, 0.29) is 11.9 Å². The first-order valence-electron chi connectivity index (χ1n) is 7.05. The lowest BCUT2D eigenvalue weighted by Crippen LogP contribution is -2.46. The fraction of sp³-hybridized carbons (Fsp3) is 0.643. The molecule has 0 aromatic carbocycles. The van der Waals surface area contributed by atoms with Crippen LogP contribution in [0.5, 0.6) is 0 Å². The van der Waals surface area contributed by atoms with E-state index in [1.54, 1.807) is 17.3 Å². The summed E-state index contributed by atoms with van der Waals surface area (Å²) in [6, 6.07) is -0.573. The first-order chi connectivity index (χ1) is 9.59. The average molecular weight is 294 g/mol. The standard InChI is InChI=1S/C14H18N2O3S/c1-8-12(20-7-15-8)13(17)16-10-5-3-2-4-9(10)6-11(16)14(18)19/h7,9-11H,2-6H2,1H3,(H,18,19)/t9-,10-,11+/m1/s1. The van der Waals surface area contributed by atoms with Crippen LogP contribution < -0.4 is 0 Å². The summed E-state index contributed by atoms with van der Waals surface area (Å²) >= 11 is 1.30. The van der Waals surface area contributed by atoms with Crippen LogP contribution in [0.2, 0.25) is 0 Å². The predicted molar refractivity (Wildman–Crippen MR) is 74.8 cm³/mol. The van der Waals surface area contributed by atoms with E-state index in [0.29, 0.717) is 22.9 Å². The molecule has 3 atom stereocenters. The molecule has 3 rings (SSSR count). The molecule has 0 bridgehead atoms. The van der Waals surface area contributed by atoms with Gasteiger partial charge in [-0.05, 0) is 32.1 Å². The second kappa shape index (κ2) is 5.16. The third-order valence-electron chi connectivity index (χ3n) is 4.55. The molecule has 1 N–H and O–H groups in total. The quantitative estimate of drug-likeness (QED) is 0.908. The van der Waals surface area contributed by atoms with Gasteiger partial charge in [0.1, 0.15) is 10.9 Å². The lowest BCUT2D eigenvalue weighted by molar-refractivity contribution is -0.141. The molecule has 2 heterocycles. The normalized spacial score (nSPS) is 29.2. The summed E-state index contributed by atoms with van der Waals surface area (Å²) in [5.41, 5.74) is 2.34. The number of fused-ring (bicyclic) bond motifs is 1. The number of carbonyl (C=O) groups excluding carboxylic acids is 1. The van der Waals surface area contributed by atoms with E-state index >= 15 is 0 Å². The van der Waals surface area contributed by atoms with Crippen molar-refractivity contribution < 1.29 is 14.7 Å². The number of carboxylic acids is 1. The number of amides is 1. The smallest absolute Gasteiger partial charge is 0.326 e. The van der Waals surface area contributed by atoms with Crippen molar-refractivity contribution >= 4 is 23.2 Å². The number of aromatic nitrogens is 1. The number of likely N-dealkylation sites (tertiary alicyclic amines) is 1. The Kier molecular flexibility index (Phi) is 3.50. The van der Waals surface area contributed by atoms with Crippen LogP contribution in [-0.2, 0) is 4.79 Å². The van der Waals surface area contributed by atoms with Gasteiger partial charge in [0.2, 0.25) is 0 Å². The molecule has 1 aromatic heterocycles. The summed E-state index contributed by atoms with van der Waals surface area (Å²) in [4.78, 5) is 30.6. The van der Waals surface area contributed by atoms with E-state index in [1.165, 1.54) is 11.3 Å². The second-order valence-corrected chi connectivity index (χ2v) is 6.54. The molecule has 5 nitrogen and oxygen atoms in total. The zero-order chi connectivity index (χ0) is 14.3. The Morgan fingerprint density at radius 2 is 2.15 bits per heavy atom. The Morgan fingerprint density at radius 1 is 1.40 bits per heavy atom. The van der Waals surface area contributed by atoms with Crippen LogP contribution in [0.1, 0.15) is 47.5 Å². The largest absolute Gasteiger partial charge is 0.480 e. The van der Waals surface area contributed by atoms with E-state index in [4.69, 9.17) is 0 Å². The number of aliphatic carboxylic acids is 1. The third kappa shape index (κ3) is 2.12. The van der Waals surface area contributed by atoms with E-state index in [9.17, 15) is 14.7 Å². The molecule has 1 saturated heterocycles. The maximum atomic E-state index is 12.7. The minimum Gasteiger partial charge on any atom is -0.480 e. The fourth-order valence-electron chi connectivity index (χ4n) is 3.60. The fourth-order valence-corrected chi connectivity index (χ4v) is 4.34. The van der Waals surface area contributed by atoms with Crippen molar-refractivity contribution in [2.45, 2.75) is 51.1 Å². The van der Waals surface area contributed by atoms with Gasteiger partial charge in [0, 0.05) is 6.04 Å². The van der Waals surface area contributed by atoms with Crippen LogP contribution in [-0.4, -0.2) is 39.0 Å². The molecule has 0 unspecified atom stereocenters. The lowest BCUT2D eigenvalue weighted by Gasteiger charge is -2.32. The molecule has 1 saturated carbocycles. The van der Waals surface area contributed by atoms with Crippen LogP contribution >= 0.6 is 11.3 Å². The van der Waals surface area contributed by atoms with Crippen LogP contribution in [0.4, 0.5) is 0 Å². The minimum absolute atomic E-state index is 0.0962. The van der Waals surface area contributed by atoms with Crippen molar-refractivity contribution in [1.29, 1.82) is 0 Å². The summed E-state index contributed by atoms with van der Waals surface area (Å²) in [5.74, 6) is -0.677. The summed E-state index contributed by atoms with van der Waals surface area (Å²) in [5, 5.41) is 9.44. The SMILES string of the molecule is Cc1ncsc1C(=O)N1[C@@H]2CCCC[C@@H]2C[C@H]1C(=O)O. The maximum Gasteiger partial charge on any atom is 0.326 e. The molecule has 2 fully saturated rings. The number of carbonyl (C=O) groups is 2. The summed E-state index contributed by atoms with van der Waals surface area (Å²) < 4.78 is 0. The van der Waals surface area contributed by atoms with Gasteiger partial charge in [-0.2, -0.15) is 0 Å². The van der Waals surface area contributed by atoms with E-state index < -0.39 is 12.0 Å². The van der Waals surface area contributed by atoms with Gasteiger partial charge in [-0.1, -0.05) is 12.8 Å². The van der Waals surface area contributed by atoms with Crippen LogP contribution in [0.15, 0.2) is 5.51 Å². The van der Waals surface area contributed by atoms with Crippen molar-refractivity contribution in [2.75, 3.05) is 0 Å². The number of hydrogen-bond donors (Lipinski definition) is 1. The zero-order valence-corrected chi connectivity index (χ0v) is 12.2. The summed E-state index contributed by atoms with van der Waals surface area (Å²) in [6.07, 6.45) is 4.80. The highest BCUT2D eigenvalue weighted by molar-refractivity contribution is 7.11. The monoisotopic (exact) mass is 294 g/mol. The highest BCUT2D eigenvalue weighted by Crippen LogP contribution is 2.41. The van der Waals surface area contributed by atoms with Gasteiger partial charge in [0.25, 0.3) is 5.91 Å². The lowest BCUT2D eigenvalue weighted by atomic mass is 9.85. The Balaban J connectivity index is 1.93. The van der Waals surface area contributed by atoms with Crippen molar-refractivity contribution in [3.05, 3.63) is 16.1 Å². The Bertz CT molecular complexity index is 542. The van der Waals surface area contributed by atoms with E-state index in [2.05, 4.69) is 4.98 Å². The molecule has 108 valence electrons. The van der Waals surface area contributed by atoms with Gasteiger partial charge >= 0.3 is 5.97 Å². The summed E-state index contributed by atoms with van der Waals surface area (Å²) in [7, 11) is 0. The number of nitrogens with zero attached hydrogens (tertiary/aromatic N) is 2. The average Bonchev–Trinajstić information content (AvgIpc) is 3.01. The number of thiazole rings is 1. The van der Waals surface area contributed by atoms with Gasteiger partial charge in [-0.15, -0.1) is 11.3 Å². The molecule has 1 aliphatic heterocycles. The highest BCUT2D eigenvalue weighted by atomic mass is 32.1. The zero-order valence-electron chi connectivity index (χ0n) is 11.4. The molecular weight excluding hydrogens is 276 g/mol. The molecule has 2 aliphatic rings. The van der Waals surface area contributed by atoms with E-state index in [1.807, 2.05) is 0 Å². The van der Waals surface area contributed by atoms with Gasteiger partial charge in [0.05, 0.1) is 11.2 Å². The van der Waals surface area contributed by atoms with Gasteiger partial charge < -0.3 is 10.0 Å². The van der Waals surface area contributed by atoms with Crippen LogP contribution in [0, 0.1) is 12.8 Å². The topological polar surface area (TPSA) is 70.5 Å². The predicted octanol–water partition coefficient (Wildman–Crippen LogP) is 2.31. The highest BCUT2D eigenvalue weighted by Gasteiger charge is 2.48. The van der Waals surface area contributed by atoms with Crippen LogP contribution in [0.25, 0.3) is 0 Å². The number of hydrogen-bond acceptors (Lipinski definition) is 4. The molecule has 0 spiro atoms. The van der Waals surface area contributed by atoms with Crippen molar-refractivity contribution in [1.82, 2.24) is 9.88 Å². The number of rotatable bonds is 2. The molecule has 20 heavy (non-hydrogen) atoms. The third-order valence-corrected chi connectivity index (χ3v) is 5.46. The van der Waals surface area contributed by atoms with Crippen molar-refractivity contribution in [3.8, 4) is 0 Å². The molecular formula is C14H18N2O3S. The van der Waals surface area contributed by atoms with Gasteiger partial charge in [0.15, 0.2) is 0 Å². The molecule has 6 heteroatoms. The maximum absolute atomic E-state index is 12.7.